The number of carbonyl (C=O) groups is 1. The first-order chi connectivity index (χ1) is 13.4. The van der Waals surface area contributed by atoms with E-state index in [9.17, 15) is 4.79 Å². The van der Waals surface area contributed by atoms with Crippen molar-refractivity contribution in [2.24, 2.45) is 10.9 Å². The first kappa shape index (κ1) is 25.6. The molecule has 1 amide bonds. The van der Waals surface area contributed by atoms with Crippen molar-refractivity contribution in [1.82, 2.24) is 0 Å². The lowest BCUT2D eigenvalue weighted by Gasteiger charge is -2.06. The predicted molar refractivity (Wildman–Crippen MR) is 125 cm³/mol. The minimum absolute atomic E-state index is 0.0534. The highest BCUT2D eigenvalue weighted by Gasteiger charge is 2.05. The molecular formula is C24H33ClN2O. The number of aliphatic imine (C=N–C) groups is 1. The second kappa shape index (κ2) is 15.6. The fourth-order valence-corrected chi connectivity index (χ4v) is 2.26. The molecule has 0 aliphatic rings. The van der Waals surface area contributed by atoms with E-state index in [2.05, 4.69) is 43.5 Å². The van der Waals surface area contributed by atoms with Crippen LogP contribution in [0.3, 0.4) is 0 Å². The van der Waals surface area contributed by atoms with E-state index in [0.29, 0.717) is 17.5 Å². The van der Waals surface area contributed by atoms with E-state index >= 15 is 0 Å². The van der Waals surface area contributed by atoms with Gasteiger partial charge in [0.15, 0.2) is 0 Å². The van der Waals surface area contributed by atoms with Crippen molar-refractivity contribution in [3.63, 3.8) is 0 Å². The molecule has 152 valence electrons. The zero-order chi connectivity index (χ0) is 21.4. The molecule has 1 rings (SSSR count). The number of hydrogen-bond donors (Lipinski definition) is 1. The minimum Gasteiger partial charge on any atom is -0.322 e. The van der Waals surface area contributed by atoms with Crippen LogP contribution in [-0.2, 0) is 4.79 Å². The number of anilines is 1. The Kier molecular flexibility index (Phi) is 14.3. The van der Waals surface area contributed by atoms with Gasteiger partial charge in [-0.1, -0.05) is 69.3 Å². The summed E-state index contributed by atoms with van der Waals surface area (Å²) >= 11 is 5.74. The van der Waals surface area contributed by atoms with Crippen LogP contribution in [0.1, 0.15) is 40.5 Å². The van der Waals surface area contributed by atoms with Gasteiger partial charge in [-0.3, -0.25) is 9.79 Å². The molecule has 0 aliphatic heterocycles. The summed E-state index contributed by atoms with van der Waals surface area (Å²) in [5, 5.41) is 3.47. The average molecular weight is 401 g/mol. The van der Waals surface area contributed by atoms with Gasteiger partial charge in [0.1, 0.15) is 0 Å². The van der Waals surface area contributed by atoms with Crippen molar-refractivity contribution < 1.29 is 4.79 Å². The van der Waals surface area contributed by atoms with Gasteiger partial charge in [-0.05, 0) is 62.2 Å². The summed E-state index contributed by atoms with van der Waals surface area (Å²) in [7, 11) is 0. The van der Waals surface area contributed by atoms with Crippen LogP contribution in [0.5, 0.6) is 0 Å². The Labute approximate surface area is 175 Å². The van der Waals surface area contributed by atoms with Crippen molar-refractivity contribution in [1.29, 1.82) is 0 Å². The van der Waals surface area contributed by atoms with E-state index in [1.54, 1.807) is 30.3 Å². The molecule has 0 bridgehead atoms. The van der Waals surface area contributed by atoms with Gasteiger partial charge in [-0.15, -0.1) is 0 Å². The fourth-order valence-electron chi connectivity index (χ4n) is 2.13. The zero-order valence-corrected chi connectivity index (χ0v) is 18.3. The number of rotatable bonds is 9. The Bertz CT molecular complexity index is 698. The molecule has 0 aromatic heterocycles. The third kappa shape index (κ3) is 12.1. The van der Waals surface area contributed by atoms with Gasteiger partial charge in [-0.25, -0.2) is 0 Å². The summed E-state index contributed by atoms with van der Waals surface area (Å²) < 4.78 is 0. The molecule has 0 heterocycles. The maximum Gasteiger partial charge on any atom is 0.251 e. The second-order valence-corrected chi connectivity index (χ2v) is 6.95. The highest BCUT2D eigenvalue weighted by molar-refractivity contribution is 6.30. The molecule has 1 aromatic rings. The molecule has 0 saturated heterocycles. The number of hydrogen-bond acceptors (Lipinski definition) is 2. The maximum absolute atomic E-state index is 11.6. The van der Waals surface area contributed by atoms with Crippen LogP contribution >= 0.6 is 11.6 Å². The van der Waals surface area contributed by atoms with Gasteiger partial charge < -0.3 is 5.32 Å². The number of allylic oxidation sites excluding steroid dienone is 4. The maximum atomic E-state index is 11.6. The summed E-state index contributed by atoms with van der Waals surface area (Å²) in [6.45, 7) is 16.0. The Morgan fingerprint density at radius 1 is 1.29 bits per heavy atom. The Morgan fingerprint density at radius 2 is 1.93 bits per heavy atom. The summed E-state index contributed by atoms with van der Waals surface area (Å²) in [4.78, 5) is 15.5. The molecule has 4 heteroatoms. The van der Waals surface area contributed by atoms with Crippen molar-refractivity contribution in [3.05, 3.63) is 77.4 Å². The Balaban J connectivity index is 0.000000528. The SMILES string of the molecule is C/C=C(\CC)C(=O)Nc1ccc(Cl)cc1.C=C/C=C\C(=C/CC(C)C)CN=C. The standard InChI is InChI=1S/C12H14ClNO.C12H19N/c1-3-9(4-2)12(15)14-11-7-5-10(13)6-8-11;1-5-6-7-12(10-13-4)9-8-11(2)3/h3,5-8H,4H2,1-2H3,(H,14,15);5-7,9,11H,1,4,8,10H2,2-3H3/b9-3+;7-6-,12-9+. The van der Waals surface area contributed by atoms with Crippen molar-refractivity contribution >= 4 is 29.9 Å². The molecule has 0 radical (unpaired) electrons. The van der Waals surface area contributed by atoms with Crippen LogP contribution < -0.4 is 5.32 Å². The molecule has 0 unspecified atom stereocenters. The van der Waals surface area contributed by atoms with E-state index in [1.807, 2.05) is 32.1 Å². The van der Waals surface area contributed by atoms with Crippen LogP contribution in [0.15, 0.2) is 77.4 Å². The number of nitrogens with one attached hydrogen (secondary N) is 1. The molecule has 0 fully saturated rings. The van der Waals surface area contributed by atoms with Gasteiger partial charge in [-0.2, -0.15) is 0 Å². The predicted octanol–water partition coefficient (Wildman–Crippen LogP) is 7.04. The van der Waals surface area contributed by atoms with Crippen LogP contribution in [0, 0.1) is 5.92 Å². The number of halogens is 1. The minimum atomic E-state index is -0.0534. The van der Waals surface area contributed by atoms with Gasteiger partial charge in [0.25, 0.3) is 5.91 Å². The van der Waals surface area contributed by atoms with E-state index in [4.69, 9.17) is 11.6 Å². The third-order valence-electron chi connectivity index (χ3n) is 3.72. The Hall–Kier alpha value is -2.39. The smallest absolute Gasteiger partial charge is 0.251 e. The number of carbonyl (C=O) groups excluding carboxylic acids is 1. The van der Waals surface area contributed by atoms with E-state index in [0.717, 1.165) is 24.1 Å². The normalized spacial score (nSPS) is 11.8. The Morgan fingerprint density at radius 3 is 2.39 bits per heavy atom. The van der Waals surface area contributed by atoms with Gasteiger partial charge >= 0.3 is 0 Å². The first-order valence-electron chi connectivity index (χ1n) is 9.50. The number of amides is 1. The lowest BCUT2D eigenvalue weighted by molar-refractivity contribution is -0.113. The largest absolute Gasteiger partial charge is 0.322 e. The van der Waals surface area contributed by atoms with Gasteiger partial charge in [0, 0.05) is 16.3 Å². The first-order valence-corrected chi connectivity index (χ1v) is 9.88. The average Bonchev–Trinajstić information content (AvgIpc) is 2.67. The van der Waals surface area contributed by atoms with E-state index in [-0.39, 0.29) is 5.91 Å². The molecule has 28 heavy (non-hydrogen) atoms. The van der Waals surface area contributed by atoms with E-state index < -0.39 is 0 Å². The van der Waals surface area contributed by atoms with Crippen LogP contribution in [-0.4, -0.2) is 19.2 Å². The van der Waals surface area contributed by atoms with Crippen LogP contribution in [0.2, 0.25) is 5.02 Å². The topological polar surface area (TPSA) is 41.5 Å². The van der Waals surface area contributed by atoms with Gasteiger partial charge in [0.2, 0.25) is 0 Å². The van der Waals surface area contributed by atoms with Crippen LogP contribution in [0.4, 0.5) is 5.69 Å². The van der Waals surface area contributed by atoms with Crippen molar-refractivity contribution in [2.75, 3.05) is 11.9 Å². The summed E-state index contributed by atoms with van der Waals surface area (Å²) in [5.74, 6) is 0.638. The molecule has 3 nitrogen and oxygen atoms in total. The second-order valence-electron chi connectivity index (χ2n) is 6.51. The molecule has 0 atom stereocenters. The summed E-state index contributed by atoms with van der Waals surface area (Å²) in [5.41, 5.74) is 2.76. The van der Waals surface area contributed by atoms with Crippen LogP contribution in [0.25, 0.3) is 0 Å². The highest BCUT2D eigenvalue weighted by atomic mass is 35.5. The lowest BCUT2D eigenvalue weighted by Crippen LogP contribution is -2.13. The fraction of sp³-hybridized carbons (Fsp3) is 0.333. The quantitative estimate of drug-likeness (QED) is 0.269. The highest BCUT2D eigenvalue weighted by Crippen LogP contribution is 2.14. The number of benzene rings is 1. The van der Waals surface area contributed by atoms with Crippen molar-refractivity contribution in [2.45, 2.75) is 40.5 Å². The molecule has 0 saturated carbocycles. The molecule has 0 aliphatic carbocycles. The number of nitrogens with zero attached hydrogens (tertiary/aromatic N) is 1. The third-order valence-corrected chi connectivity index (χ3v) is 3.97. The van der Waals surface area contributed by atoms with Crippen molar-refractivity contribution in [3.8, 4) is 0 Å². The molecule has 1 N–H and O–H groups in total. The monoisotopic (exact) mass is 400 g/mol. The van der Waals surface area contributed by atoms with Gasteiger partial charge in [0.05, 0.1) is 6.54 Å². The lowest BCUT2D eigenvalue weighted by atomic mass is 10.1. The molecular weight excluding hydrogens is 368 g/mol. The summed E-state index contributed by atoms with van der Waals surface area (Å²) in [6.07, 6.45) is 11.6. The molecule has 0 spiro atoms. The zero-order valence-electron chi connectivity index (χ0n) is 17.5. The van der Waals surface area contributed by atoms with E-state index in [1.165, 1.54) is 5.57 Å². The molecule has 1 aromatic carbocycles. The summed E-state index contributed by atoms with van der Waals surface area (Å²) in [6, 6.07) is 7.06.